The number of hydrogen-bond donors (Lipinski definition) is 3. The minimum Gasteiger partial charge on any atom is -0.343 e. The molecule has 3 N–H and O–H groups in total. The molecule has 0 aromatic rings. The summed E-state index contributed by atoms with van der Waals surface area (Å²) in [5.41, 5.74) is -1.59. The highest BCUT2D eigenvalue weighted by atomic mass is 19.4. The van der Waals surface area contributed by atoms with Gasteiger partial charge in [-0.2, -0.15) is 13.2 Å². The Hall–Kier alpha value is -6.64. The van der Waals surface area contributed by atoms with Gasteiger partial charge < -0.3 is 60.0 Å². The van der Waals surface area contributed by atoms with E-state index in [0.717, 1.165) is 30.6 Å². The van der Waals surface area contributed by atoms with Gasteiger partial charge in [0.05, 0.1) is 18.9 Å². The second-order valence-electron chi connectivity index (χ2n) is 31.5. The summed E-state index contributed by atoms with van der Waals surface area (Å²) in [6, 6.07) is -11.0. The molecule has 4 aliphatic heterocycles. The fourth-order valence-electron chi connectivity index (χ4n) is 16.6. The van der Waals surface area contributed by atoms with Gasteiger partial charge in [-0.25, -0.2) is 4.39 Å². The summed E-state index contributed by atoms with van der Waals surface area (Å²) >= 11 is 0. The van der Waals surface area contributed by atoms with Crippen molar-refractivity contribution in [2.45, 2.75) is 275 Å². The number of carbonyl (C=O) groups is 12. The van der Waals surface area contributed by atoms with Crippen LogP contribution in [-0.2, 0) is 57.5 Å². The van der Waals surface area contributed by atoms with Crippen LogP contribution in [0.3, 0.4) is 0 Å². The number of hydrogen-bond acceptors (Lipinski definition) is 12. The summed E-state index contributed by atoms with van der Waals surface area (Å²) < 4.78 is 57.0. The van der Waals surface area contributed by atoms with Crippen LogP contribution in [0.15, 0.2) is 0 Å². The first-order valence-electron chi connectivity index (χ1n) is 37.6. The van der Waals surface area contributed by atoms with Gasteiger partial charge in [0.25, 0.3) is 0 Å². The molecule has 14 atom stereocenters. The van der Waals surface area contributed by atoms with Gasteiger partial charge in [0.15, 0.2) is 0 Å². The van der Waals surface area contributed by atoms with E-state index in [0.29, 0.717) is 64.0 Å². The summed E-state index contributed by atoms with van der Waals surface area (Å²) in [5, 5.41) is 8.76. The van der Waals surface area contributed by atoms with Crippen molar-refractivity contribution in [2.24, 2.45) is 41.4 Å². The van der Waals surface area contributed by atoms with Crippen LogP contribution in [0.2, 0.25) is 0 Å². The molecule has 12 amide bonds. The lowest BCUT2D eigenvalue weighted by molar-refractivity contribution is -0.201. The first kappa shape index (κ1) is 81.7. The van der Waals surface area contributed by atoms with Gasteiger partial charge in [0, 0.05) is 68.5 Å². The number of halogens is 4. The molecular formula is C73H118F4N12O12. The third-order valence-corrected chi connectivity index (χ3v) is 24.0. The SMILES string of the molecule is CC[C@H](C)[C@@H]1NC(=O)[C@H](CC(C)C)N(C)C(=O)C[C@@H](C(=O)N2CCCC2)N(C)C(=O)[C@H]([C@@H](C)CC)N(C)C(=O)C2(CCCC2)NC(=O)[C@@H]2CCCN2C(=O)[C@H](CCC2CCC(C(F)(F)F)C(F)C2)NC(=O)CN(C)C(=O)[C@H](CC2CCC(C)CC2)N(C)C(=O)[C@@H]2CCN2C(=O)[C@H](C)N(C)C1=O. The molecule has 0 aromatic heterocycles. The maximum absolute atomic E-state index is 15.5. The molecule has 24 nitrogen and oxygen atoms in total. The standard InChI is InChI=1S/C73H118F4N12O12/c1-15-45(6)60-69(99)82(10)47(8)64(94)89-37-31-54(89)67(97)84(12)56(40-49-25-23-44(5)24-26-49)66(96)81(9)42-58(90)78-52(30-28-48-27-29-50(51(74)39-48)73(75,76)77)65(95)88-36-21-22-53(88)63(93)80-72(32-17-18-33-72)71(101)86(14)61(46(7)16-2)70(100)85(13)57(68(98)87-34-19-20-35-87)41-59(91)83(11)55(38-43(3)4)62(92)79-60/h43-57,60-61H,15-42H2,1-14H3,(H,78,90)(H,79,92)(H,80,93)/t44?,45-,46-,47-,48?,49?,50?,51?,52-,53-,54-,55-,56-,57-,60-,61-/m0/s1. The Bertz CT molecular complexity index is 2980. The van der Waals surface area contributed by atoms with Gasteiger partial charge in [0.1, 0.15) is 66.1 Å². The quantitative estimate of drug-likeness (QED) is 0.188. The van der Waals surface area contributed by atoms with E-state index in [1.54, 1.807) is 18.7 Å². The number of amides is 12. The smallest absolute Gasteiger partial charge is 0.343 e. The molecule has 28 heteroatoms. The number of rotatable bonds is 12. The number of nitrogens with zero attached hydrogens (tertiary/aromatic N) is 9. The van der Waals surface area contributed by atoms with E-state index in [4.69, 9.17) is 0 Å². The largest absolute Gasteiger partial charge is 0.394 e. The molecule has 3 aliphatic carbocycles. The summed E-state index contributed by atoms with van der Waals surface area (Å²) in [4.78, 5) is 192. The highest BCUT2D eigenvalue weighted by molar-refractivity contribution is 6.01. The predicted octanol–water partition coefficient (Wildman–Crippen LogP) is 6.07. The van der Waals surface area contributed by atoms with Crippen molar-refractivity contribution in [3.05, 3.63) is 0 Å². The topological polar surface area (TPSA) is 270 Å². The number of alkyl halides is 4. The maximum Gasteiger partial charge on any atom is 0.394 e. The average molecular weight is 1430 g/mol. The molecule has 3 saturated carbocycles. The molecule has 0 bridgehead atoms. The summed E-state index contributed by atoms with van der Waals surface area (Å²) in [6.45, 7) is 14.9. The van der Waals surface area contributed by atoms with Crippen molar-refractivity contribution in [1.29, 1.82) is 0 Å². The lowest BCUT2D eigenvalue weighted by Crippen LogP contribution is -2.65. The van der Waals surface area contributed by atoms with E-state index in [1.807, 2.05) is 27.7 Å². The first-order valence-corrected chi connectivity index (χ1v) is 37.6. The highest BCUT2D eigenvalue weighted by Gasteiger charge is 2.53. The van der Waals surface area contributed by atoms with Crippen LogP contribution in [0.5, 0.6) is 0 Å². The Morgan fingerprint density at radius 1 is 0.584 bits per heavy atom. The Balaban J connectivity index is 1.28. The van der Waals surface area contributed by atoms with E-state index < -0.39 is 193 Å². The molecule has 101 heavy (non-hydrogen) atoms. The van der Waals surface area contributed by atoms with Gasteiger partial charge in [0.2, 0.25) is 70.9 Å². The molecule has 0 radical (unpaired) electrons. The van der Waals surface area contributed by atoms with E-state index in [-0.39, 0.29) is 82.7 Å². The van der Waals surface area contributed by atoms with E-state index in [2.05, 4.69) is 22.9 Å². The van der Waals surface area contributed by atoms with Crippen molar-refractivity contribution < 1.29 is 75.1 Å². The molecule has 7 fully saturated rings. The Morgan fingerprint density at radius 2 is 1.20 bits per heavy atom. The van der Waals surface area contributed by atoms with Crippen LogP contribution >= 0.6 is 0 Å². The fourth-order valence-corrected chi connectivity index (χ4v) is 16.6. The Kier molecular flexibility index (Phi) is 28.5. The van der Waals surface area contributed by atoms with Gasteiger partial charge in [-0.05, 0) is 132 Å². The average Bonchev–Trinajstić information content (AvgIpc) is 1.76. The Morgan fingerprint density at radius 3 is 1.77 bits per heavy atom. The second kappa shape index (κ2) is 35.2. The third-order valence-electron chi connectivity index (χ3n) is 24.0. The van der Waals surface area contributed by atoms with Gasteiger partial charge in [-0.3, -0.25) is 57.5 Å². The number of nitrogens with one attached hydrogen (secondary N) is 3. The summed E-state index contributed by atoms with van der Waals surface area (Å²) in [5.74, 6) is -11.2. The first-order chi connectivity index (χ1) is 47.5. The van der Waals surface area contributed by atoms with E-state index in [1.165, 1.54) is 83.5 Å². The molecule has 3 unspecified atom stereocenters. The molecule has 1 spiro atoms. The van der Waals surface area contributed by atoms with Crippen molar-refractivity contribution in [3.8, 4) is 0 Å². The normalized spacial score (nSPS) is 32.2. The zero-order chi connectivity index (χ0) is 74.9. The van der Waals surface area contributed by atoms with Crippen LogP contribution < -0.4 is 16.0 Å². The summed E-state index contributed by atoms with van der Waals surface area (Å²) in [7, 11) is 8.62. The fraction of sp³-hybridized carbons (Fsp3) is 0.836. The minimum atomic E-state index is -4.75. The number of likely N-dealkylation sites (N-methyl/N-ethyl adjacent to an activating group) is 6. The van der Waals surface area contributed by atoms with Crippen LogP contribution in [0, 0.1) is 41.4 Å². The zero-order valence-corrected chi connectivity index (χ0v) is 62.5. The molecule has 0 aromatic carbocycles. The molecule has 7 aliphatic rings. The molecule has 4 saturated heterocycles. The predicted molar refractivity (Wildman–Crippen MR) is 370 cm³/mol. The molecule has 570 valence electrons. The number of carbonyl (C=O) groups excluding carboxylic acids is 12. The van der Waals surface area contributed by atoms with Crippen molar-refractivity contribution in [1.82, 2.24) is 60.0 Å². The van der Waals surface area contributed by atoms with Gasteiger partial charge in [-0.15, -0.1) is 0 Å². The van der Waals surface area contributed by atoms with Crippen LogP contribution in [-0.4, -0.2) is 262 Å². The lowest BCUT2D eigenvalue weighted by atomic mass is 9.78. The third kappa shape index (κ3) is 19.2. The van der Waals surface area contributed by atoms with Crippen molar-refractivity contribution in [2.75, 3.05) is 75.0 Å². The van der Waals surface area contributed by atoms with E-state index >= 15 is 33.2 Å². The van der Waals surface area contributed by atoms with E-state index in [9.17, 15) is 41.9 Å². The number of fused-ring (bicyclic) bond motifs is 2. The number of likely N-dealkylation sites (tertiary alicyclic amines) is 1. The summed E-state index contributed by atoms with van der Waals surface area (Å²) in [6.07, 6.45) is -0.780. The van der Waals surface area contributed by atoms with Crippen molar-refractivity contribution >= 4 is 70.9 Å². The maximum atomic E-state index is 15.5. The molecule has 7 rings (SSSR count). The second-order valence-corrected chi connectivity index (χ2v) is 31.5. The Labute approximate surface area is 595 Å². The van der Waals surface area contributed by atoms with Crippen LogP contribution in [0.1, 0.15) is 203 Å². The van der Waals surface area contributed by atoms with Crippen molar-refractivity contribution in [3.63, 3.8) is 0 Å². The zero-order valence-electron chi connectivity index (χ0n) is 62.5. The van der Waals surface area contributed by atoms with Gasteiger partial charge >= 0.3 is 6.18 Å². The lowest BCUT2D eigenvalue weighted by Gasteiger charge is -2.45. The molecule has 4 heterocycles. The van der Waals surface area contributed by atoms with Crippen LogP contribution in [0.4, 0.5) is 17.6 Å². The van der Waals surface area contributed by atoms with Crippen LogP contribution in [0.25, 0.3) is 0 Å². The monoisotopic (exact) mass is 1430 g/mol. The highest BCUT2D eigenvalue weighted by Crippen LogP contribution is 2.43. The molecular weight excluding hydrogens is 1310 g/mol. The minimum absolute atomic E-state index is 0.000939. The van der Waals surface area contributed by atoms with Gasteiger partial charge in [-0.1, -0.05) is 99.8 Å².